The van der Waals surface area contributed by atoms with Gasteiger partial charge in [-0.25, -0.2) is 4.39 Å². The minimum atomic E-state index is -0.803. The van der Waals surface area contributed by atoms with E-state index >= 15 is 0 Å². The third-order valence-corrected chi connectivity index (χ3v) is 6.07. The SMILES string of the molecule is CC(=NC1CCN(C#N)CC1)/C(=N\N)c1cc(O[C@H](CO)c2ccc(F)cn2)c2c(C)c[nH][n+]2c1. The Labute approximate surface area is 202 Å². The Balaban J connectivity index is 1.67. The largest absolute Gasteiger partial charge is 0.475 e. The van der Waals surface area contributed by atoms with Crippen molar-refractivity contribution in [2.24, 2.45) is 15.9 Å². The van der Waals surface area contributed by atoms with Crippen molar-refractivity contribution in [3.05, 3.63) is 59.4 Å². The highest BCUT2D eigenvalue weighted by molar-refractivity contribution is 6.47. The summed E-state index contributed by atoms with van der Waals surface area (Å²) in [6.45, 7) is 4.79. The average molecular weight is 480 g/mol. The number of aliphatic hydroxyl groups is 1. The molecule has 4 N–H and O–H groups in total. The zero-order chi connectivity index (χ0) is 24.9. The second-order valence-corrected chi connectivity index (χ2v) is 8.47. The van der Waals surface area contributed by atoms with E-state index in [4.69, 9.17) is 20.8 Å². The number of aryl methyl sites for hydroxylation is 1. The molecule has 1 atom stereocenters. The predicted octanol–water partition coefficient (Wildman–Crippen LogP) is 1.78. The number of halogens is 1. The van der Waals surface area contributed by atoms with Gasteiger partial charge in [0.1, 0.15) is 11.5 Å². The molecule has 4 rings (SSSR count). The van der Waals surface area contributed by atoms with Crippen LogP contribution in [0.1, 0.15) is 42.7 Å². The van der Waals surface area contributed by atoms with Gasteiger partial charge in [0, 0.05) is 24.7 Å². The Morgan fingerprint density at radius 2 is 2.23 bits per heavy atom. The number of rotatable bonds is 7. The van der Waals surface area contributed by atoms with Crippen molar-refractivity contribution in [2.45, 2.75) is 38.8 Å². The van der Waals surface area contributed by atoms with E-state index in [1.807, 2.05) is 26.2 Å². The first-order valence-corrected chi connectivity index (χ1v) is 11.3. The number of pyridine rings is 2. The molecule has 3 aromatic rings. The number of hydrazone groups is 1. The maximum atomic E-state index is 13.3. The molecule has 0 aromatic carbocycles. The number of nitrogens with zero attached hydrogens (tertiary/aromatic N) is 6. The first kappa shape index (κ1) is 24.1. The van der Waals surface area contributed by atoms with Crippen LogP contribution in [0, 0.1) is 24.2 Å². The predicted molar refractivity (Wildman–Crippen MR) is 127 cm³/mol. The molecule has 182 valence electrons. The Kier molecular flexibility index (Phi) is 7.22. The van der Waals surface area contributed by atoms with Crippen LogP contribution in [0.2, 0.25) is 0 Å². The second-order valence-electron chi connectivity index (χ2n) is 8.47. The molecular formula is C24H28FN8O2+. The summed E-state index contributed by atoms with van der Waals surface area (Å²) in [5, 5.41) is 26.2. The van der Waals surface area contributed by atoms with Crippen molar-refractivity contribution in [3.63, 3.8) is 0 Å². The molecule has 35 heavy (non-hydrogen) atoms. The van der Waals surface area contributed by atoms with Crippen LogP contribution >= 0.6 is 0 Å². The molecule has 0 saturated carbocycles. The van der Waals surface area contributed by atoms with Gasteiger partial charge in [0.15, 0.2) is 18.0 Å². The van der Waals surface area contributed by atoms with E-state index in [1.165, 1.54) is 12.1 Å². The highest BCUT2D eigenvalue weighted by atomic mass is 19.1. The molecule has 4 heterocycles. The standard InChI is InChI=1S/C24H27FN8O2/c1-15-10-29-33-12-17(23(31-27)16(2)30-19-5-7-32(14-26)8-6-19)9-21(24(15)33)35-22(13-34)20-4-3-18(25)11-28-20/h3-4,9-12,19,22,34H,5-8,13H2,1-2H3,(H2,27,30)/p+1/t22-/m1/s1. The highest BCUT2D eigenvalue weighted by Gasteiger charge is 2.25. The van der Waals surface area contributed by atoms with Gasteiger partial charge in [-0.3, -0.25) is 9.98 Å². The molecule has 0 spiro atoms. The van der Waals surface area contributed by atoms with E-state index in [2.05, 4.69) is 21.4 Å². The third kappa shape index (κ3) is 5.22. The van der Waals surface area contributed by atoms with Crippen molar-refractivity contribution in [2.75, 3.05) is 19.7 Å². The van der Waals surface area contributed by atoms with Crippen LogP contribution in [0.4, 0.5) is 4.39 Å². The number of aromatic nitrogens is 3. The molecule has 0 bridgehead atoms. The fourth-order valence-electron chi connectivity index (χ4n) is 4.24. The molecule has 1 aliphatic heterocycles. The van der Waals surface area contributed by atoms with Crippen molar-refractivity contribution < 1.29 is 18.7 Å². The summed E-state index contributed by atoms with van der Waals surface area (Å²) in [4.78, 5) is 10.6. The van der Waals surface area contributed by atoms with E-state index in [0.717, 1.165) is 30.1 Å². The van der Waals surface area contributed by atoms with Gasteiger partial charge in [0.05, 0.1) is 42.0 Å². The Morgan fingerprint density at radius 3 is 2.86 bits per heavy atom. The monoisotopic (exact) mass is 479 g/mol. The zero-order valence-corrected chi connectivity index (χ0v) is 19.6. The molecule has 11 heteroatoms. The van der Waals surface area contributed by atoms with Crippen LogP contribution in [0.3, 0.4) is 0 Å². The molecular weight excluding hydrogens is 451 g/mol. The maximum Gasteiger partial charge on any atom is 0.281 e. The molecule has 0 aliphatic carbocycles. The first-order chi connectivity index (χ1) is 16.9. The number of nitrogens with two attached hydrogens (primary N) is 1. The van der Waals surface area contributed by atoms with Gasteiger partial charge in [-0.15, -0.1) is 0 Å². The minimum absolute atomic E-state index is 0.0829. The number of aliphatic hydroxyl groups excluding tert-OH is 1. The van der Waals surface area contributed by atoms with Crippen molar-refractivity contribution in [1.29, 1.82) is 5.26 Å². The van der Waals surface area contributed by atoms with Gasteiger partial charge in [0.2, 0.25) is 6.20 Å². The van der Waals surface area contributed by atoms with Gasteiger partial charge in [-0.1, -0.05) is 4.52 Å². The van der Waals surface area contributed by atoms with E-state index in [9.17, 15) is 9.50 Å². The van der Waals surface area contributed by atoms with Crippen LogP contribution < -0.4 is 15.1 Å². The number of H-pyrrole nitrogens is 1. The van der Waals surface area contributed by atoms with Gasteiger partial charge >= 0.3 is 0 Å². The summed E-state index contributed by atoms with van der Waals surface area (Å²) in [7, 11) is 0. The van der Waals surface area contributed by atoms with Crippen molar-refractivity contribution >= 4 is 16.9 Å². The molecule has 1 aliphatic rings. The highest BCUT2D eigenvalue weighted by Crippen LogP contribution is 2.27. The van der Waals surface area contributed by atoms with Gasteiger partial charge in [0.25, 0.3) is 5.52 Å². The number of piperidine rings is 1. The smallest absolute Gasteiger partial charge is 0.281 e. The first-order valence-electron chi connectivity index (χ1n) is 11.3. The molecule has 1 fully saturated rings. The van der Waals surface area contributed by atoms with Gasteiger partial charge in [-0.2, -0.15) is 15.5 Å². The fraction of sp³-hybridized carbons (Fsp3) is 0.375. The second kappa shape index (κ2) is 10.5. The summed E-state index contributed by atoms with van der Waals surface area (Å²) in [5.74, 6) is 5.80. The summed E-state index contributed by atoms with van der Waals surface area (Å²) >= 11 is 0. The number of likely N-dealkylation sites (tertiary alicyclic amines) is 1. The van der Waals surface area contributed by atoms with E-state index < -0.39 is 11.9 Å². The van der Waals surface area contributed by atoms with Crippen molar-refractivity contribution in [1.82, 2.24) is 15.0 Å². The molecule has 3 aromatic heterocycles. The van der Waals surface area contributed by atoms with Crippen LogP contribution in [0.5, 0.6) is 5.75 Å². The van der Waals surface area contributed by atoms with E-state index in [-0.39, 0.29) is 12.6 Å². The average Bonchev–Trinajstić information content (AvgIpc) is 3.24. The minimum Gasteiger partial charge on any atom is -0.475 e. The number of nitriles is 1. The quantitative estimate of drug-likeness (QED) is 0.155. The Bertz CT molecular complexity index is 1290. The van der Waals surface area contributed by atoms with E-state index in [1.54, 1.807) is 15.5 Å². The fourth-order valence-corrected chi connectivity index (χ4v) is 4.24. The lowest BCUT2D eigenvalue weighted by atomic mass is 10.0. The number of aromatic amines is 1. The molecule has 0 radical (unpaired) electrons. The number of hydrogen-bond donors (Lipinski definition) is 3. The van der Waals surface area contributed by atoms with Crippen LogP contribution in [-0.2, 0) is 0 Å². The molecule has 0 unspecified atom stereocenters. The van der Waals surface area contributed by atoms with Crippen LogP contribution in [0.25, 0.3) is 5.52 Å². The molecule has 1 saturated heterocycles. The zero-order valence-electron chi connectivity index (χ0n) is 19.6. The lowest BCUT2D eigenvalue weighted by Crippen LogP contribution is -2.33. The normalized spacial score (nSPS) is 16.4. The summed E-state index contributed by atoms with van der Waals surface area (Å²) in [6, 6.07) is 4.64. The van der Waals surface area contributed by atoms with E-state index in [0.29, 0.717) is 41.5 Å². The lowest BCUT2D eigenvalue weighted by Gasteiger charge is -2.26. The van der Waals surface area contributed by atoms with Gasteiger partial charge < -0.3 is 20.6 Å². The maximum absolute atomic E-state index is 13.3. The van der Waals surface area contributed by atoms with Crippen molar-refractivity contribution in [3.8, 4) is 11.9 Å². The van der Waals surface area contributed by atoms with Crippen LogP contribution in [0.15, 0.2) is 46.9 Å². The molecule has 10 nitrogen and oxygen atoms in total. The Hall–Kier alpha value is -4.04. The lowest BCUT2D eigenvalue weighted by molar-refractivity contribution is -0.577. The number of ether oxygens (including phenoxy) is 1. The number of hydrogen-bond acceptors (Lipinski definition) is 8. The number of fused-ring (bicyclic) bond motifs is 1. The molecule has 0 amide bonds. The summed E-state index contributed by atoms with van der Waals surface area (Å²) < 4.78 is 21.3. The topological polar surface area (TPSA) is 140 Å². The third-order valence-electron chi connectivity index (χ3n) is 6.07. The number of aliphatic imine (C=N–C) groups is 1. The van der Waals surface area contributed by atoms with Gasteiger partial charge in [-0.05, 0) is 38.8 Å². The van der Waals surface area contributed by atoms with Crippen LogP contribution in [-0.4, -0.2) is 57.3 Å². The summed E-state index contributed by atoms with van der Waals surface area (Å²) in [5.41, 5.74) is 3.94. The Morgan fingerprint density at radius 1 is 1.46 bits per heavy atom. The summed E-state index contributed by atoms with van der Waals surface area (Å²) in [6.07, 6.45) is 7.71. The number of nitrogens with one attached hydrogen (secondary N) is 1.